The molecule has 0 atom stereocenters. The van der Waals surface area contributed by atoms with Gasteiger partial charge in [-0.3, -0.25) is 4.79 Å². The number of aryl methyl sites for hydroxylation is 3. The fourth-order valence-electron chi connectivity index (χ4n) is 3.22. The number of H-pyrrole nitrogens is 1. The van der Waals surface area contributed by atoms with E-state index in [2.05, 4.69) is 15.0 Å². The highest BCUT2D eigenvalue weighted by atomic mass is 32.1. The van der Waals surface area contributed by atoms with Crippen molar-refractivity contribution < 1.29 is 9.53 Å². The molecular weight excluding hydrogens is 362 g/mol. The first kappa shape index (κ1) is 17.4. The number of nitrogens with one attached hydrogen (secondary N) is 1. The van der Waals surface area contributed by atoms with Crippen LogP contribution in [0.4, 0.5) is 0 Å². The fraction of sp³-hybridized carbons (Fsp3) is 0.200. The molecular formula is C20H17N3O3S. The lowest BCUT2D eigenvalue weighted by Crippen LogP contribution is -2.14. The third kappa shape index (κ3) is 3.10. The Labute approximate surface area is 158 Å². The highest BCUT2D eigenvalue weighted by molar-refractivity contribution is 7.20. The molecule has 0 amide bonds. The second-order valence-electron chi connectivity index (χ2n) is 6.42. The van der Waals surface area contributed by atoms with E-state index in [1.165, 1.54) is 11.3 Å². The van der Waals surface area contributed by atoms with Gasteiger partial charge in [0.25, 0.3) is 5.56 Å². The molecule has 4 rings (SSSR count). The SMILES string of the molecule is Cc1cc(C)c2c(C)c(C(=O)OCc3nc4ccccc4c(=O)[nH]3)sc2n1. The van der Waals surface area contributed by atoms with Crippen LogP contribution in [0, 0.1) is 20.8 Å². The minimum Gasteiger partial charge on any atom is -0.453 e. The van der Waals surface area contributed by atoms with Crippen molar-refractivity contribution in [2.45, 2.75) is 27.4 Å². The van der Waals surface area contributed by atoms with Gasteiger partial charge in [0.05, 0.1) is 10.9 Å². The number of thiophene rings is 1. The largest absolute Gasteiger partial charge is 0.453 e. The van der Waals surface area contributed by atoms with E-state index >= 15 is 0 Å². The van der Waals surface area contributed by atoms with E-state index in [9.17, 15) is 9.59 Å². The number of esters is 1. The first-order valence-corrected chi connectivity index (χ1v) is 9.28. The van der Waals surface area contributed by atoms with E-state index in [4.69, 9.17) is 4.74 Å². The Morgan fingerprint density at radius 2 is 1.96 bits per heavy atom. The number of rotatable bonds is 3. The van der Waals surface area contributed by atoms with Crippen LogP contribution in [0.15, 0.2) is 35.1 Å². The van der Waals surface area contributed by atoms with Crippen LogP contribution in [0.25, 0.3) is 21.1 Å². The zero-order chi connectivity index (χ0) is 19.1. The highest BCUT2D eigenvalue weighted by Crippen LogP contribution is 2.32. The van der Waals surface area contributed by atoms with Crippen LogP contribution in [0.1, 0.15) is 32.3 Å². The van der Waals surface area contributed by atoms with Crippen LogP contribution >= 0.6 is 11.3 Å². The molecule has 0 aliphatic heterocycles. The Morgan fingerprint density at radius 1 is 1.19 bits per heavy atom. The third-order valence-electron chi connectivity index (χ3n) is 4.41. The van der Waals surface area contributed by atoms with E-state index in [1.54, 1.807) is 18.2 Å². The van der Waals surface area contributed by atoms with Crippen LogP contribution in [-0.4, -0.2) is 20.9 Å². The van der Waals surface area contributed by atoms with Crippen LogP contribution in [-0.2, 0) is 11.3 Å². The first-order valence-electron chi connectivity index (χ1n) is 8.46. The summed E-state index contributed by atoms with van der Waals surface area (Å²) in [5, 5.41) is 1.50. The van der Waals surface area contributed by atoms with Gasteiger partial charge < -0.3 is 9.72 Å². The summed E-state index contributed by atoms with van der Waals surface area (Å²) in [7, 11) is 0. The van der Waals surface area contributed by atoms with Crippen molar-refractivity contribution in [3.8, 4) is 0 Å². The minimum atomic E-state index is -0.441. The summed E-state index contributed by atoms with van der Waals surface area (Å²) in [6, 6.07) is 9.04. The lowest BCUT2D eigenvalue weighted by Gasteiger charge is -2.05. The molecule has 0 spiro atoms. The summed E-state index contributed by atoms with van der Waals surface area (Å²) in [4.78, 5) is 37.6. The van der Waals surface area contributed by atoms with Crippen LogP contribution in [0.5, 0.6) is 0 Å². The molecule has 136 valence electrons. The molecule has 0 radical (unpaired) electrons. The topological polar surface area (TPSA) is 84.9 Å². The van der Waals surface area contributed by atoms with Crippen molar-refractivity contribution in [3.63, 3.8) is 0 Å². The quantitative estimate of drug-likeness (QED) is 0.547. The zero-order valence-electron chi connectivity index (χ0n) is 15.1. The number of hydrogen-bond donors (Lipinski definition) is 1. The predicted molar refractivity (Wildman–Crippen MR) is 105 cm³/mol. The van der Waals surface area contributed by atoms with Gasteiger partial charge in [0.1, 0.15) is 22.1 Å². The minimum absolute atomic E-state index is 0.0992. The van der Waals surface area contributed by atoms with E-state index in [1.807, 2.05) is 32.9 Å². The molecule has 6 nitrogen and oxygen atoms in total. The van der Waals surface area contributed by atoms with Crippen molar-refractivity contribution in [1.29, 1.82) is 0 Å². The number of aromatic amines is 1. The van der Waals surface area contributed by atoms with Crippen LogP contribution in [0.2, 0.25) is 0 Å². The molecule has 0 aliphatic rings. The van der Waals surface area contributed by atoms with Gasteiger partial charge in [-0.25, -0.2) is 14.8 Å². The van der Waals surface area contributed by atoms with Crippen LogP contribution in [0.3, 0.4) is 0 Å². The molecule has 0 unspecified atom stereocenters. The van der Waals surface area contributed by atoms with E-state index in [-0.39, 0.29) is 12.2 Å². The predicted octanol–water partition coefficient (Wildman–Crippen LogP) is 3.82. The second-order valence-corrected chi connectivity index (χ2v) is 7.42. The van der Waals surface area contributed by atoms with Gasteiger partial charge in [-0.05, 0) is 50.1 Å². The number of para-hydroxylation sites is 1. The molecule has 1 N–H and O–H groups in total. The summed E-state index contributed by atoms with van der Waals surface area (Å²) in [6.07, 6.45) is 0. The monoisotopic (exact) mass is 379 g/mol. The number of pyridine rings is 1. The van der Waals surface area contributed by atoms with Gasteiger partial charge in [0.15, 0.2) is 0 Å². The van der Waals surface area contributed by atoms with Crippen LogP contribution < -0.4 is 5.56 Å². The van der Waals surface area contributed by atoms with E-state index in [0.29, 0.717) is 21.6 Å². The molecule has 0 saturated heterocycles. The summed E-state index contributed by atoms with van der Waals surface area (Å²) in [6.45, 7) is 5.74. The molecule has 0 bridgehead atoms. The number of ether oxygens (including phenoxy) is 1. The van der Waals surface area contributed by atoms with Gasteiger partial charge in [0, 0.05) is 11.1 Å². The van der Waals surface area contributed by atoms with Crippen molar-refractivity contribution in [1.82, 2.24) is 15.0 Å². The Kier molecular flexibility index (Phi) is 4.24. The molecule has 0 aliphatic carbocycles. The Bertz CT molecular complexity index is 1260. The van der Waals surface area contributed by atoms with Gasteiger partial charge >= 0.3 is 5.97 Å². The van der Waals surface area contributed by atoms with Gasteiger partial charge in [0.2, 0.25) is 0 Å². The number of nitrogens with zero attached hydrogens (tertiary/aromatic N) is 2. The van der Waals surface area contributed by atoms with E-state index < -0.39 is 5.97 Å². The first-order chi connectivity index (χ1) is 12.9. The molecule has 27 heavy (non-hydrogen) atoms. The van der Waals surface area contributed by atoms with Crippen molar-refractivity contribution in [3.05, 3.63) is 68.2 Å². The van der Waals surface area contributed by atoms with Gasteiger partial charge in [-0.1, -0.05) is 12.1 Å². The lowest BCUT2D eigenvalue weighted by atomic mass is 10.1. The third-order valence-corrected chi connectivity index (χ3v) is 5.58. The number of hydrogen-bond acceptors (Lipinski definition) is 6. The maximum Gasteiger partial charge on any atom is 0.349 e. The number of aromatic nitrogens is 3. The van der Waals surface area contributed by atoms with Crippen molar-refractivity contribution >= 4 is 38.4 Å². The Morgan fingerprint density at radius 3 is 2.78 bits per heavy atom. The molecule has 0 fully saturated rings. The maximum atomic E-state index is 12.6. The van der Waals surface area contributed by atoms with Crippen molar-refractivity contribution in [2.75, 3.05) is 0 Å². The summed E-state index contributed by atoms with van der Waals surface area (Å²) < 4.78 is 5.41. The molecule has 7 heteroatoms. The summed E-state index contributed by atoms with van der Waals surface area (Å²) in [5.41, 5.74) is 3.19. The number of carbonyl (C=O) groups is 1. The molecule has 0 saturated carbocycles. The molecule has 3 aromatic heterocycles. The smallest absolute Gasteiger partial charge is 0.349 e. The maximum absolute atomic E-state index is 12.6. The Hall–Kier alpha value is -3.06. The van der Waals surface area contributed by atoms with Gasteiger partial charge in [-0.2, -0.15) is 0 Å². The number of carbonyl (C=O) groups excluding carboxylic acids is 1. The average Bonchev–Trinajstić information content (AvgIpc) is 2.96. The van der Waals surface area contributed by atoms with Gasteiger partial charge in [-0.15, -0.1) is 11.3 Å². The standard InChI is InChI=1S/C20H17N3O3S/c1-10-8-11(2)21-19-16(10)12(3)17(27-19)20(25)26-9-15-22-14-7-5-4-6-13(14)18(24)23-15/h4-8H,9H2,1-3H3,(H,22,23,24). The lowest BCUT2D eigenvalue weighted by molar-refractivity contribution is 0.0467. The highest BCUT2D eigenvalue weighted by Gasteiger charge is 2.19. The summed E-state index contributed by atoms with van der Waals surface area (Å²) in [5.74, 6) is -0.126. The number of fused-ring (bicyclic) bond motifs is 2. The van der Waals surface area contributed by atoms with Crippen molar-refractivity contribution in [2.24, 2.45) is 0 Å². The molecule has 3 heterocycles. The van der Waals surface area contributed by atoms with E-state index in [0.717, 1.165) is 27.0 Å². The normalized spacial score (nSPS) is 11.2. The molecule has 4 aromatic rings. The number of benzene rings is 1. The average molecular weight is 379 g/mol. The zero-order valence-corrected chi connectivity index (χ0v) is 15.9. The second kappa shape index (κ2) is 6.59. The fourth-order valence-corrected chi connectivity index (χ4v) is 4.41. The summed E-state index contributed by atoms with van der Waals surface area (Å²) >= 11 is 1.32. The Balaban J connectivity index is 1.62. The molecule has 1 aromatic carbocycles.